The normalized spacial score (nSPS) is 12.8. The Balaban J connectivity index is 0.000000149. The van der Waals surface area contributed by atoms with Crippen molar-refractivity contribution in [3.8, 4) is 107 Å². The summed E-state index contributed by atoms with van der Waals surface area (Å²) >= 11 is 3.44. The Hall–Kier alpha value is -12.4. The molecule has 0 unspecified atom stereocenters. The van der Waals surface area contributed by atoms with Crippen molar-refractivity contribution in [1.29, 1.82) is 5.26 Å². The van der Waals surface area contributed by atoms with E-state index >= 15 is 0 Å². The van der Waals surface area contributed by atoms with Crippen molar-refractivity contribution >= 4 is 46.5 Å². The number of aromatic nitrogens is 4. The predicted octanol–water partition coefficient (Wildman–Crippen LogP) is 21.9. The molecule has 14 aromatic rings. The second-order valence-electron chi connectivity index (χ2n) is 28.8. The van der Waals surface area contributed by atoms with Crippen molar-refractivity contribution in [1.82, 2.24) is 19.9 Å². The first kappa shape index (κ1) is 73.9. The Morgan fingerprint density at radius 1 is 0.370 bits per heavy atom. The second-order valence-corrected chi connectivity index (χ2v) is 29.8. The number of halogens is 1. The van der Waals surface area contributed by atoms with E-state index in [-0.39, 0.29) is 22.4 Å². The van der Waals surface area contributed by atoms with Crippen LogP contribution in [0.2, 0.25) is 0 Å². The standard InChI is InChI=1S/C45H31N3O.C29H18BN3.C16H13BrO.C6H14O2/c1-45(2)39-22-10-9-21-36(39)43(49)37-27-34(23-24-40(37)45)32-18-11-17-31(25-32)33-19-12-20-35(26-33)44-47-41(29-13-5-3-6-14-29)38(28-46)42(48-44)30-15-7-4-8-16-30;1-31-28-26(20-10-4-2-5-11-20)32-29(33-27(28)21-12-6-3-7-13-21)24-16-8-14-22(18-24)23-15-9-17-25(30)19-23;1-16(2)13-6-4-3-5-11(13)15(18)12-9-10(17)7-8-14(12)16;1-5(2,7)6(3,4)8/h3-27H,1-2H3;2-19H;3-9H,1-2H3;7-8H,1-4H3. The zero-order valence-electron chi connectivity index (χ0n) is 61.2. The molecule has 16 rings (SSSR count). The summed E-state index contributed by atoms with van der Waals surface area (Å²) in [6, 6.07) is 102. The fraction of sp³-hybridized carbons (Fsp3) is 0.125. The number of ketones is 2. The molecule has 2 aliphatic rings. The van der Waals surface area contributed by atoms with Gasteiger partial charge in [0.1, 0.15) is 19.5 Å². The fourth-order valence-electron chi connectivity index (χ4n) is 13.6. The SMILES string of the molecule is CC(C)(O)C(C)(C)O.CC1(C)c2ccccc2C(=O)c2cc(-c3cccc(-c4cccc(-c5nc(-c6ccccc6)c(C#N)c(-c6ccccc6)n5)c4)c3)ccc21.CC1(C)c2ccccc2C(=O)c2cc(Br)ccc21.[B]c1cccc(-c2cccc(-c3nc(-c4ccccc4)c([N+]#[C-])c(-c4ccccc4)n3)c2)c1. The van der Waals surface area contributed by atoms with Crippen LogP contribution in [0.1, 0.15) is 115 Å². The lowest BCUT2D eigenvalue weighted by Crippen LogP contribution is -2.44. The number of rotatable bonds is 10. The van der Waals surface area contributed by atoms with Crippen LogP contribution in [0.5, 0.6) is 0 Å². The van der Waals surface area contributed by atoms with E-state index in [0.717, 1.165) is 116 Å². The highest BCUT2D eigenvalue weighted by molar-refractivity contribution is 9.10. The lowest BCUT2D eigenvalue weighted by Gasteiger charge is -2.34. The molecule has 0 saturated heterocycles. The van der Waals surface area contributed by atoms with Crippen molar-refractivity contribution < 1.29 is 19.8 Å². The quantitative estimate of drug-likeness (QED) is 0.101. The van der Waals surface area contributed by atoms with Crippen molar-refractivity contribution in [3.63, 3.8) is 0 Å². The first-order chi connectivity index (χ1) is 51.9. The molecule has 12 aromatic carbocycles. The van der Waals surface area contributed by atoms with Crippen molar-refractivity contribution in [2.45, 2.75) is 77.4 Å². The third-order valence-electron chi connectivity index (χ3n) is 20.2. The van der Waals surface area contributed by atoms with E-state index in [1.54, 1.807) is 27.7 Å². The molecule has 10 nitrogen and oxygen atoms in total. The van der Waals surface area contributed by atoms with E-state index < -0.39 is 11.2 Å². The van der Waals surface area contributed by atoms with Crippen LogP contribution >= 0.6 is 15.9 Å². The molecule has 0 spiro atoms. The van der Waals surface area contributed by atoms with Crippen molar-refractivity contribution in [2.75, 3.05) is 0 Å². The maximum atomic E-state index is 13.7. The van der Waals surface area contributed by atoms with E-state index in [1.807, 2.05) is 237 Å². The zero-order chi connectivity index (χ0) is 76.1. The maximum Gasteiger partial charge on any atom is 0.238 e. The van der Waals surface area contributed by atoms with Crippen LogP contribution < -0.4 is 5.46 Å². The Morgan fingerprint density at radius 2 is 0.676 bits per heavy atom. The van der Waals surface area contributed by atoms with Gasteiger partial charge in [-0.05, 0) is 131 Å². The van der Waals surface area contributed by atoms with Gasteiger partial charge >= 0.3 is 0 Å². The van der Waals surface area contributed by atoms with E-state index in [4.69, 9.17) is 44.6 Å². The number of aliphatic hydroxyl groups is 2. The number of nitrogens with zero attached hydrogens (tertiary/aromatic N) is 6. The van der Waals surface area contributed by atoms with Gasteiger partial charge in [0.25, 0.3) is 0 Å². The summed E-state index contributed by atoms with van der Waals surface area (Å²) in [5.74, 6) is 1.32. The molecule has 0 atom stereocenters. The third-order valence-corrected chi connectivity index (χ3v) is 20.7. The highest BCUT2D eigenvalue weighted by atomic mass is 79.9. The molecule has 2 radical (unpaired) electrons. The van der Waals surface area contributed by atoms with E-state index in [2.05, 4.69) is 121 Å². The molecule has 0 bridgehead atoms. The molecule has 2 heterocycles. The molecular formula is C96H76BBrN6O4. The Morgan fingerprint density at radius 3 is 1.06 bits per heavy atom. The van der Waals surface area contributed by atoms with E-state index in [9.17, 15) is 14.9 Å². The van der Waals surface area contributed by atoms with Gasteiger partial charge in [0, 0.05) is 59.8 Å². The minimum atomic E-state index is -1.01. The van der Waals surface area contributed by atoms with Gasteiger partial charge in [-0.15, -0.1) is 0 Å². The van der Waals surface area contributed by atoms with Crippen LogP contribution in [0.15, 0.2) is 308 Å². The van der Waals surface area contributed by atoms with Crippen LogP contribution in [-0.4, -0.2) is 60.8 Å². The molecular weight excluding hydrogens is 1390 g/mol. The zero-order valence-corrected chi connectivity index (χ0v) is 62.8. The number of benzene rings is 12. The fourth-order valence-corrected chi connectivity index (χ4v) is 14.0. The first-order valence-corrected chi connectivity index (χ1v) is 36.4. The van der Waals surface area contributed by atoms with E-state index in [0.29, 0.717) is 51.1 Å². The number of hydrogen-bond donors (Lipinski definition) is 2. The number of nitriles is 1. The van der Waals surface area contributed by atoms with Crippen molar-refractivity contribution in [2.24, 2.45) is 0 Å². The third kappa shape index (κ3) is 15.4. The lowest BCUT2D eigenvalue weighted by molar-refractivity contribution is -0.107. The van der Waals surface area contributed by atoms with Gasteiger partial charge < -0.3 is 10.2 Å². The molecule has 0 aliphatic heterocycles. The van der Waals surface area contributed by atoms with Gasteiger partial charge in [-0.2, -0.15) is 5.26 Å². The molecule has 0 saturated carbocycles. The molecule has 2 aliphatic carbocycles. The number of carbonyl (C=O) groups is 2. The predicted molar refractivity (Wildman–Crippen MR) is 440 cm³/mol. The molecule has 0 amide bonds. The average Bonchev–Trinajstić information content (AvgIpc) is 0.741. The molecule has 108 heavy (non-hydrogen) atoms. The number of hydrogen-bond acceptors (Lipinski definition) is 9. The van der Waals surface area contributed by atoms with Crippen LogP contribution in [-0.2, 0) is 10.8 Å². The average molecular weight is 1470 g/mol. The lowest BCUT2D eigenvalue weighted by atomic mass is 9.68. The number of fused-ring (bicyclic) bond motifs is 4. The highest BCUT2D eigenvalue weighted by Crippen LogP contribution is 2.46. The van der Waals surface area contributed by atoms with Crippen molar-refractivity contribution in [3.05, 3.63) is 369 Å². The smallest absolute Gasteiger partial charge is 0.238 e. The summed E-state index contributed by atoms with van der Waals surface area (Å²) < 4.78 is 0.949. The Labute approximate surface area is 641 Å². The molecule has 524 valence electrons. The Bertz CT molecular complexity index is 5680. The topological polar surface area (TPSA) is 154 Å². The number of carbonyl (C=O) groups excluding carboxylic acids is 2. The van der Waals surface area contributed by atoms with Gasteiger partial charge in [0.05, 0.1) is 40.5 Å². The summed E-state index contributed by atoms with van der Waals surface area (Å²) in [4.78, 5) is 49.8. The Kier molecular flexibility index (Phi) is 21.2. The summed E-state index contributed by atoms with van der Waals surface area (Å²) in [5.41, 5.74) is 20.5. The van der Waals surface area contributed by atoms with Crippen LogP contribution in [0.4, 0.5) is 5.69 Å². The van der Waals surface area contributed by atoms with Crippen LogP contribution in [0, 0.1) is 17.9 Å². The minimum Gasteiger partial charge on any atom is -0.387 e. The van der Waals surface area contributed by atoms with Gasteiger partial charge in [-0.25, -0.2) is 24.8 Å². The van der Waals surface area contributed by atoms with Gasteiger partial charge in [0.15, 0.2) is 23.2 Å². The summed E-state index contributed by atoms with van der Waals surface area (Å²) in [5, 5.41) is 28.5. The maximum absolute atomic E-state index is 13.7. The largest absolute Gasteiger partial charge is 0.387 e. The van der Waals surface area contributed by atoms with E-state index in [1.165, 1.54) is 0 Å². The molecule has 0 fully saturated rings. The summed E-state index contributed by atoms with van der Waals surface area (Å²) in [6.07, 6.45) is 0. The van der Waals surface area contributed by atoms with Crippen LogP contribution in [0.3, 0.4) is 0 Å². The second kappa shape index (κ2) is 31.0. The molecule has 2 N–H and O–H groups in total. The van der Waals surface area contributed by atoms with Gasteiger partial charge in [-0.3, -0.25) is 9.59 Å². The first-order valence-electron chi connectivity index (χ1n) is 35.6. The molecule has 12 heteroatoms. The highest BCUT2D eigenvalue weighted by Gasteiger charge is 2.38. The van der Waals surface area contributed by atoms with Crippen LogP contribution in [0.25, 0.3) is 106 Å². The minimum absolute atomic E-state index is 0.0720. The molecule has 2 aromatic heterocycles. The summed E-state index contributed by atoms with van der Waals surface area (Å²) in [7, 11) is 5.99. The monoisotopic (exact) mass is 1470 g/mol. The van der Waals surface area contributed by atoms with Gasteiger partial charge in [0.2, 0.25) is 5.69 Å². The van der Waals surface area contributed by atoms with Gasteiger partial charge in [-0.1, -0.05) is 316 Å². The summed E-state index contributed by atoms with van der Waals surface area (Å²) in [6.45, 7) is 22.9.